The van der Waals surface area contributed by atoms with E-state index in [0.29, 0.717) is 5.56 Å². The summed E-state index contributed by atoms with van der Waals surface area (Å²) in [5.41, 5.74) is 1.94. The fraction of sp³-hybridized carbons (Fsp3) is 0.385. The van der Waals surface area contributed by atoms with E-state index < -0.39 is 0 Å². The Morgan fingerprint density at radius 1 is 1.50 bits per heavy atom. The number of likely N-dealkylation sites (N-methyl/N-ethyl adjacent to an activating group) is 1. The minimum absolute atomic E-state index is 0.131. The molecular weight excluding hydrogens is 296 g/mol. The van der Waals surface area contributed by atoms with Gasteiger partial charge in [0.25, 0.3) is 5.69 Å². The molecule has 1 aromatic rings. The molecule has 0 spiro atoms. The Kier molecular flexibility index (Phi) is 6.01. The number of nitrogens with one attached hydrogen (secondary N) is 1. The van der Waals surface area contributed by atoms with Gasteiger partial charge in [0.2, 0.25) is 0 Å². The van der Waals surface area contributed by atoms with E-state index in [2.05, 4.69) is 21.2 Å². The number of nitro benzene ring substituents is 1. The summed E-state index contributed by atoms with van der Waals surface area (Å²) in [6, 6.07) is 5.12. The number of benzene rings is 1. The Balaban J connectivity index is 3.07. The molecule has 0 bridgehead atoms. The van der Waals surface area contributed by atoms with E-state index in [1.807, 2.05) is 26.0 Å². The van der Waals surface area contributed by atoms with Gasteiger partial charge in [-0.15, -0.1) is 0 Å². The summed E-state index contributed by atoms with van der Waals surface area (Å²) in [5, 5.41) is 14.2. The van der Waals surface area contributed by atoms with E-state index in [9.17, 15) is 10.1 Å². The van der Waals surface area contributed by atoms with Crippen molar-refractivity contribution in [3.05, 3.63) is 43.9 Å². The zero-order valence-corrected chi connectivity index (χ0v) is 12.2. The minimum Gasteiger partial charge on any atom is -0.313 e. The highest BCUT2D eigenvalue weighted by atomic mass is 79.9. The maximum absolute atomic E-state index is 11.0. The first-order chi connectivity index (χ1) is 8.58. The molecule has 1 aromatic carbocycles. The molecule has 0 amide bonds. The fourth-order valence-electron chi connectivity index (χ4n) is 1.58. The predicted octanol–water partition coefficient (Wildman–Crippen LogP) is 3.76. The molecule has 0 atom stereocenters. The average Bonchev–Trinajstić information content (AvgIpc) is 2.35. The molecule has 5 heteroatoms. The summed E-state index contributed by atoms with van der Waals surface area (Å²) in [7, 11) is 0. The monoisotopic (exact) mass is 312 g/mol. The van der Waals surface area contributed by atoms with Crippen LogP contribution in [0.5, 0.6) is 0 Å². The first-order valence-electron chi connectivity index (χ1n) is 5.92. The summed E-state index contributed by atoms with van der Waals surface area (Å²) in [6.45, 7) is 5.74. The van der Waals surface area contributed by atoms with Gasteiger partial charge in [0.15, 0.2) is 0 Å². The Labute approximate surface area is 115 Å². The Morgan fingerprint density at radius 3 is 2.78 bits per heavy atom. The highest BCUT2D eigenvalue weighted by molar-refractivity contribution is 9.10. The van der Waals surface area contributed by atoms with E-state index in [0.717, 1.165) is 29.6 Å². The molecule has 0 radical (unpaired) electrons. The quantitative estimate of drug-likeness (QED) is 0.642. The van der Waals surface area contributed by atoms with Crippen LogP contribution in [0.3, 0.4) is 0 Å². The van der Waals surface area contributed by atoms with E-state index >= 15 is 0 Å². The zero-order valence-electron chi connectivity index (χ0n) is 10.6. The molecule has 18 heavy (non-hydrogen) atoms. The summed E-state index contributed by atoms with van der Waals surface area (Å²) < 4.78 is 0.719. The van der Waals surface area contributed by atoms with Crippen LogP contribution in [0.1, 0.15) is 25.8 Å². The first kappa shape index (κ1) is 14.9. The van der Waals surface area contributed by atoms with Crippen LogP contribution in [0.15, 0.2) is 28.2 Å². The second-order valence-corrected chi connectivity index (χ2v) is 4.81. The van der Waals surface area contributed by atoms with Crippen molar-refractivity contribution in [1.82, 2.24) is 5.32 Å². The van der Waals surface area contributed by atoms with Crippen molar-refractivity contribution in [3.8, 4) is 0 Å². The van der Waals surface area contributed by atoms with Crippen LogP contribution in [0.2, 0.25) is 0 Å². The third kappa shape index (κ3) is 4.23. The molecule has 98 valence electrons. The molecule has 0 aliphatic heterocycles. The van der Waals surface area contributed by atoms with Crippen molar-refractivity contribution in [2.24, 2.45) is 0 Å². The highest BCUT2D eigenvalue weighted by Crippen LogP contribution is 2.25. The van der Waals surface area contributed by atoms with Crippen LogP contribution < -0.4 is 5.32 Å². The molecule has 0 aromatic heterocycles. The summed E-state index contributed by atoms with van der Waals surface area (Å²) in [5.74, 6) is 0. The number of nitrogens with zero attached hydrogens (tertiary/aromatic N) is 1. The largest absolute Gasteiger partial charge is 0.313 e. The standard InChI is InChI=1S/C13H17BrN2O2/c1-3-10(9-15-4-2)7-11-5-6-12(14)8-13(11)16(17)18/h5-8,15H,3-4,9H2,1-2H3/b10-7+. The van der Waals surface area contributed by atoms with Crippen LogP contribution in [0.25, 0.3) is 6.08 Å². The fourth-order valence-corrected chi connectivity index (χ4v) is 1.93. The van der Waals surface area contributed by atoms with E-state index in [-0.39, 0.29) is 10.6 Å². The molecule has 0 aliphatic carbocycles. The van der Waals surface area contributed by atoms with E-state index in [1.54, 1.807) is 6.07 Å². The number of hydrogen-bond donors (Lipinski definition) is 1. The van der Waals surface area contributed by atoms with Crippen LogP contribution >= 0.6 is 15.9 Å². The number of nitro groups is 1. The molecule has 0 saturated carbocycles. The number of rotatable bonds is 6. The van der Waals surface area contributed by atoms with Gasteiger partial charge in [-0.3, -0.25) is 10.1 Å². The summed E-state index contributed by atoms with van der Waals surface area (Å²) in [4.78, 5) is 10.6. The smallest absolute Gasteiger partial charge is 0.277 e. The van der Waals surface area contributed by atoms with Gasteiger partial charge < -0.3 is 5.32 Å². The lowest BCUT2D eigenvalue weighted by atomic mass is 10.1. The van der Waals surface area contributed by atoms with Gasteiger partial charge in [0, 0.05) is 17.1 Å². The second kappa shape index (κ2) is 7.28. The van der Waals surface area contributed by atoms with E-state index in [4.69, 9.17) is 0 Å². The van der Waals surface area contributed by atoms with Crippen molar-refractivity contribution in [3.63, 3.8) is 0 Å². The van der Waals surface area contributed by atoms with E-state index in [1.165, 1.54) is 6.07 Å². The molecule has 0 fully saturated rings. The molecule has 1 N–H and O–H groups in total. The average molecular weight is 313 g/mol. The highest BCUT2D eigenvalue weighted by Gasteiger charge is 2.12. The van der Waals surface area contributed by atoms with Crippen molar-refractivity contribution < 1.29 is 4.92 Å². The van der Waals surface area contributed by atoms with Crippen molar-refractivity contribution in [2.45, 2.75) is 20.3 Å². The van der Waals surface area contributed by atoms with Gasteiger partial charge in [-0.2, -0.15) is 0 Å². The number of hydrogen-bond acceptors (Lipinski definition) is 3. The van der Waals surface area contributed by atoms with Crippen molar-refractivity contribution >= 4 is 27.7 Å². The van der Waals surface area contributed by atoms with Gasteiger partial charge in [0.05, 0.1) is 10.5 Å². The molecule has 0 unspecified atom stereocenters. The molecule has 4 nitrogen and oxygen atoms in total. The van der Waals surface area contributed by atoms with Gasteiger partial charge in [0.1, 0.15) is 0 Å². The first-order valence-corrected chi connectivity index (χ1v) is 6.71. The Morgan fingerprint density at radius 2 is 2.22 bits per heavy atom. The predicted molar refractivity (Wildman–Crippen MR) is 77.6 cm³/mol. The Hall–Kier alpha value is -1.20. The molecule has 0 aliphatic rings. The van der Waals surface area contributed by atoms with Crippen LogP contribution in [-0.4, -0.2) is 18.0 Å². The third-order valence-corrected chi connectivity index (χ3v) is 3.10. The second-order valence-electron chi connectivity index (χ2n) is 3.90. The summed E-state index contributed by atoms with van der Waals surface area (Å²) in [6.07, 6.45) is 2.77. The van der Waals surface area contributed by atoms with Gasteiger partial charge in [-0.25, -0.2) is 0 Å². The molecule has 1 rings (SSSR count). The summed E-state index contributed by atoms with van der Waals surface area (Å²) >= 11 is 3.25. The minimum atomic E-state index is -0.350. The normalized spacial score (nSPS) is 11.6. The van der Waals surface area contributed by atoms with Crippen molar-refractivity contribution in [1.29, 1.82) is 0 Å². The lowest BCUT2D eigenvalue weighted by Crippen LogP contribution is -2.15. The molecular formula is C13H17BrN2O2. The zero-order chi connectivity index (χ0) is 13.5. The van der Waals surface area contributed by atoms with Gasteiger partial charge >= 0.3 is 0 Å². The Bertz CT molecular complexity index is 458. The molecule has 0 heterocycles. The maximum Gasteiger partial charge on any atom is 0.277 e. The third-order valence-electron chi connectivity index (χ3n) is 2.60. The lowest BCUT2D eigenvalue weighted by Gasteiger charge is -2.06. The SMILES string of the molecule is CCNC/C(=C/c1ccc(Br)cc1[N+](=O)[O-])CC. The van der Waals surface area contributed by atoms with Crippen LogP contribution in [-0.2, 0) is 0 Å². The topological polar surface area (TPSA) is 55.2 Å². The number of halogens is 1. The lowest BCUT2D eigenvalue weighted by molar-refractivity contribution is -0.385. The maximum atomic E-state index is 11.0. The van der Waals surface area contributed by atoms with Crippen LogP contribution in [0.4, 0.5) is 5.69 Å². The van der Waals surface area contributed by atoms with Gasteiger partial charge in [-0.1, -0.05) is 35.4 Å². The van der Waals surface area contributed by atoms with Gasteiger partial charge in [-0.05, 0) is 31.2 Å². The molecule has 0 saturated heterocycles. The van der Waals surface area contributed by atoms with Crippen molar-refractivity contribution in [2.75, 3.05) is 13.1 Å². The van der Waals surface area contributed by atoms with Crippen LogP contribution in [0, 0.1) is 10.1 Å².